The number of H-pyrrole nitrogens is 1. The van der Waals surface area contributed by atoms with E-state index in [0.717, 1.165) is 6.07 Å². The van der Waals surface area contributed by atoms with Crippen LogP contribution in [0.1, 0.15) is 44.2 Å². The molecule has 6 nitrogen and oxygen atoms in total. The van der Waals surface area contributed by atoms with Gasteiger partial charge in [0.05, 0.1) is 22.2 Å². The third-order valence-corrected chi connectivity index (χ3v) is 5.60. The molecule has 1 aromatic carbocycles. The maximum absolute atomic E-state index is 14.9. The molecule has 1 saturated heterocycles. The molecule has 4 rings (SSSR count). The molecule has 1 saturated carbocycles. The van der Waals surface area contributed by atoms with Gasteiger partial charge in [-0.3, -0.25) is 14.3 Å². The minimum atomic E-state index is -3.03. The number of rotatable bonds is 4. The Morgan fingerprint density at radius 2 is 1.93 bits per heavy atom. The molecular weight excluding hydrogens is 397 g/mol. The Bertz CT molecular complexity index is 1020. The Hall–Kier alpha value is -2.00. The number of aromatic nitrogens is 2. The summed E-state index contributed by atoms with van der Waals surface area (Å²) in [5.74, 6) is -0.815. The first-order chi connectivity index (χ1) is 12.8. The molecule has 154 valence electrons. The fourth-order valence-electron chi connectivity index (χ4n) is 4.04. The second-order valence-electron chi connectivity index (χ2n) is 7.53. The molecule has 1 aromatic heterocycles. The van der Waals surface area contributed by atoms with E-state index >= 15 is 0 Å². The summed E-state index contributed by atoms with van der Waals surface area (Å²) in [5, 5.41) is -0.221. The Labute approximate surface area is 164 Å². The maximum Gasteiger partial charge on any atom is 0.329 e. The van der Waals surface area contributed by atoms with Crippen LogP contribution in [0.25, 0.3) is 10.9 Å². The number of nitrogens with one attached hydrogen (secondary N) is 1. The van der Waals surface area contributed by atoms with Crippen LogP contribution in [0.5, 0.6) is 0 Å². The molecular formula is C18H22ClF3N4O2. The van der Waals surface area contributed by atoms with Gasteiger partial charge in [0, 0.05) is 25.2 Å². The fourth-order valence-corrected chi connectivity index (χ4v) is 4.04. The molecule has 0 radical (unpaired) electrons. The lowest BCUT2D eigenvalue weighted by atomic mass is 10.0. The zero-order valence-corrected chi connectivity index (χ0v) is 16.1. The topological polar surface area (TPSA) is 84.1 Å². The van der Waals surface area contributed by atoms with Gasteiger partial charge < -0.3 is 10.6 Å². The average molecular weight is 419 g/mol. The van der Waals surface area contributed by atoms with Crippen LogP contribution in [-0.4, -0.2) is 28.7 Å². The standard InChI is InChI=1S/C18H21F3N4O2.ClH/c1-8(22)9-4-5-24(7-9)15-12(19)6-11-14(13(15)16(20)21)25(10-2-3-10)18(27)23-17(11)26;/h6,8-10,16H,2-5,7,22H2,1H3,(H,23,26,27);1H/t8-,9+;/m0./s1. The van der Waals surface area contributed by atoms with E-state index in [-0.39, 0.29) is 47.0 Å². The van der Waals surface area contributed by atoms with Crippen LogP contribution < -0.4 is 21.9 Å². The zero-order valence-electron chi connectivity index (χ0n) is 15.3. The first-order valence-corrected chi connectivity index (χ1v) is 9.09. The van der Waals surface area contributed by atoms with Crippen molar-refractivity contribution < 1.29 is 13.2 Å². The number of fused-ring (bicyclic) bond motifs is 1. The lowest BCUT2D eigenvalue weighted by Gasteiger charge is -2.25. The molecule has 2 fully saturated rings. The second kappa shape index (κ2) is 7.44. The van der Waals surface area contributed by atoms with E-state index < -0.39 is 29.1 Å². The van der Waals surface area contributed by atoms with Crippen LogP contribution in [0.4, 0.5) is 18.9 Å². The molecule has 2 heterocycles. The minimum absolute atomic E-state index is 0. The van der Waals surface area contributed by atoms with Crippen molar-refractivity contribution in [3.8, 4) is 0 Å². The monoisotopic (exact) mass is 418 g/mol. The number of alkyl halides is 2. The molecule has 0 bridgehead atoms. The number of anilines is 1. The van der Waals surface area contributed by atoms with Gasteiger partial charge in [-0.2, -0.15) is 0 Å². The van der Waals surface area contributed by atoms with E-state index in [1.165, 1.54) is 4.57 Å². The SMILES string of the molecule is C[C@H](N)[C@@H]1CCN(c2c(F)cc3c(=O)[nH]c(=O)n(C4CC4)c3c2C(F)F)C1.Cl. The van der Waals surface area contributed by atoms with Crippen molar-refractivity contribution in [3.05, 3.63) is 38.3 Å². The summed E-state index contributed by atoms with van der Waals surface area (Å²) in [7, 11) is 0. The van der Waals surface area contributed by atoms with Crippen LogP contribution in [0, 0.1) is 11.7 Å². The largest absolute Gasteiger partial charge is 0.368 e. The van der Waals surface area contributed by atoms with Crippen molar-refractivity contribution in [2.45, 2.75) is 44.7 Å². The van der Waals surface area contributed by atoms with Gasteiger partial charge in [0.15, 0.2) is 0 Å². The predicted octanol–water partition coefficient (Wildman–Crippen LogP) is 2.70. The molecule has 2 atom stereocenters. The summed E-state index contributed by atoms with van der Waals surface area (Å²) < 4.78 is 44.4. The highest BCUT2D eigenvalue weighted by Gasteiger charge is 2.35. The summed E-state index contributed by atoms with van der Waals surface area (Å²) >= 11 is 0. The average Bonchev–Trinajstić information content (AvgIpc) is 3.29. The Morgan fingerprint density at radius 3 is 2.46 bits per heavy atom. The quantitative estimate of drug-likeness (QED) is 0.799. The van der Waals surface area contributed by atoms with E-state index in [1.807, 2.05) is 6.92 Å². The van der Waals surface area contributed by atoms with Gasteiger partial charge in [0.1, 0.15) is 5.82 Å². The van der Waals surface area contributed by atoms with E-state index in [2.05, 4.69) is 4.98 Å². The molecule has 10 heteroatoms. The van der Waals surface area contributed by atoms with Gasteiger partial charge >= 0.3 is 5.69 Å². The molecule has 3 N–H and O–H groups in total. The minimum Gasteiger partial charge on any atom is -0.368 e. The summed E-state index contributed by atoms with van der Waals surface area (Å²) in [5.41, 5.74) is 3.38. The third kappa shape index (κ3) is 3.30. The summed E-state index contributed by atoms with van der Waals surface area (Å²) in [4.78, 5) is 28.2. The van der Waals surface area contributed by atoms with E-state index in [0.29, 0.717) is 32.4 Å². The number of halogens is 4. The van der Waals surface area contributed by atoms with Crippen molar-refractivity contribution in [2.75, 3.05) is 18.0 Å². The van der Waals surface area contributed by atoms with E-state index in [4.69, 9.17) is 5.73 Å². The Kier molecular flexibility index (Phi) is 5.51. The second-order valence-corrected chi connectivity index (χ2v) is 7.53. The summed E-state index contributed by atoms with van der Waals surface area (Å²) in [6, 6.07) is 0.580. The van der Waals surface area contributed by atoms with Crippen LogP contribution in [0.15, 0.2) is 15.7 Å². The molecule has 1 aliphatic carbocycles. The van der Waals surface area contributed by atoms with Crippen LogP contribution >= 0.6 is 12.4 Å². The van der Waals surface area contributed by atoms with Crippen molar-refractivity contribution in [2.24, 2.45) is 11.7 Å². The van der Waals surface area contributed by atoms with Gasteiger partial charge in [0.25, 0.3) is 12.0 Å². The third-order valence-electron chi connectivity index (χ3n) is 5.60. The van der Waals surface area contributed by atoms with Crippen molar-refractivity contribution in [1.82, 2.24) is 9.55 Å². The van der Waals surface area contributed by atoms with Gasteiger partial charge in [-0.25, -0.2) is 18.0 Å². The van der Waals surface area contributed by atoms with Crippen LogP contribution in [-0.2, 0) is 0 Å². The number of hydrogen-bond acceptors (Lipinski definition) is 4. The van der Waals surface area contributed by atoms with Crippen molar-refractivity contribution in [3.63, 3.8) is 0 Å². The molecule has 2 aliphatic rings. The molecule has 0 unspecified atom stereocenters. The first-order valence-electron chi connectivity index (χ1n) is 9.09. The smallest absolute Gasteiger partial charge is 0.329 e. The van der Waals surface area contributed by atoms with Crippen molar-refractivity contribution in [1.29, 1.82) is 0 Å². The zero-order chi connectivity index (χ0) is 19.5. The van der Waals surface area contributed by atoms with Crippen molar-refractivity contribution >= 4 is 29.0 Å². The first kappa shape index (κ1) is 20.7. The highest BCUT2D eigenvalue weighted by molar-refractivity contribution is 5.88. The normalized spacial score (nSPS) is 20.6. The predicted molar refractivity (Wildman–Crippen MR) is 103 cm³/mol. The molecule has 1 aliphatic heterocycles. The van der Waals surface area contributed by atoms with Gasteiger partial charge in [-0.15, -0.1) is 12.4 Å². The highest BCUT2D eigenvalue weighted by Crippen LogP contribution is 2.43. The Morgan fingerprint density at radius 1 is 1.25 bits per heavy atom. The Balaban J connectivity index is 0.00000225. The van der Waals surface area contributed by atoms with Gasteiger partial charge in [0.2, 0.25) is 0 Å². The van der Waals surface area contributed by atoms with Crippen LogP contribution in [0.2, 0.25) is 0 Å². The molecule has 0 spiro atoms. The summed E-state index contributed by atoms with van der Waals surface area (Å²) in [6.45, 7) is 2.59. The number of nitrogens with zero attached hydrogens (tertiary/aromatic N) is 2. The molecule has 0 amide bonds. The number of nitrogens with two attached hydrogens (primary N) is 1. The maximum atomic E-state index is 14.9. The molecule has 2 aromatic rings. The van der Waals surface area contributed by atoms with E-state index in [9.17, 15) is 22.8 Å². The number of aromatic amines is 1. The number of hydrogen-bond donors (Lipinski definition) is 2. The summed E-state index contributed by atoms with van der Waals surface area (Å²) in [6.07, 6.45) is -1.04. The van der Waals surface area contributed by atoms with Crippen LogP contribution in [0.3, 0.4) is 0 Å². The molecule has 28 heavy (non-hydrogen) atoms. The van der Waals surface area contributed by atoms with Gasteiger partial charge in [-0.1, -0.05) is 0 Å². The van der Waals surface area contributed by atoms with E-state index in [1.54, 1.807) is 4.90 Å². The lowest BCUT2D eigenvalue weighted by molar-refractivity contribution is 0.152. The fraction of sp³-hybridized carbons (Fsp3) is 0.556. The van der Waals surface area contributed by atoms with Gasteiger partial charge in [-0.05, 0) is 38.2 Å². The highest BCUT2D eigenvalue weighted by atomic mass is 35.5. The lowest BCUT2D eigenvalue weighted by Crippen LogP contribution is -2.33. The number of benzene rings is 1.